The maximum absolute atomic E-state index is 12.4. The average Bonchev–Trinajstić information content (AvgIpc) is 3.14. The zero-order chi connectivity index (χ0) is 15.9. The van der Waals surface area contributed by atoms with Gasteiger partial charge in [-0.2, -0.15) is 0 Å². The first-order valence-corrected chi connectivity index (χ1v) is 7.53. The van der Waals surface area contributed by atoms with E-state index in [1.165, 1.54) is 16.2 Å². The number of thiophene rings is 1. The molecule has 0 aliphatic heterocycles. The van der Waals surface area contributed by atoms with Gasteiger partial charge in [0, 0.05) is 19.7 Å². The molecule has 0 aromatic carbocycles. The smallest absolute Gasteiger partial charge is 0.264 e. The maximum Gasteiger partial charge on any atom is 0.264 e. The van der Waals surface area contributed by atoms with E-state index in [9.17, 15) is 9.59 Å². The summed E-state index contributed by atoms with van der Waals surface area (Å²) in [5.41, 5.74) is 0. The predicted molar refractivity (Wildman–Crippen MR) is 82.0 cm³/mol. The number of methoxy groups -OCH3 is 1. The number of nitrogens with zero attached hydrogens (tertiary/aromatic N) is 2. The van der Waals surface area contributed by atoms with Crippen LogP contribution in [-0.2, 0) is 9.53 Å². The van der Waals surface area contributed by atoms with E-state index in [0.29, 0.717) is 29.6 Å². The van der Waals surface area contributed by atoms with Gasteiger partial charge in [0.05, 0.1) is 11.5 Å². The van der Waals surface area contributed by atoms with Crippen molar-refractivity contribution in [3.05, 3.63) is 34.2 Å². The molecule has 1 N–H and O–H groups in total. The minimum absolute atomic E-state index is 0.0774. The molecule has 0 radical (unpaired) electrons. The van der Waals surface area contributed by atoms with Gasteiger partial charge in [0.25, 0.3) is 5.91 Å². The van der Waals surface area contributed by atoms with Crippen molar-refractivity contribution in [2.24, 2.45) is 0 Å². The standard InChI is InChI=1S/C14H17N3O4S/c1-10-8-12(16-21-10)15-13(18)9-17(5-6-20-2)14(19)11-4-3-7-22-11/h3-4,7-8H,5-6,9H2,1-2H3,(H,15,16,18). The topological polar surface area (TPSA) is 84.7 Å². The third-order valence-corrected chi connectivity index (χ3v) is 3.67. The molecule has 118 valence electrons. The Balaban J connectivity index is 1.99. The van der Waals surface area contributed by atoms with Crippen molar-refractivity contribution in [3.63, 3.8) is 0 Å². The van der Waals surface area contributed by atoms with Crippen molar-refractivity contribution in [2.75, 3.05) is 32.1 Å². The minimum atomic E-state index is -0.339. The SMILES string of the molecule is COCCN(CC(=O)Nc1cc(C)on1)C(=O)c1cccs1. The van der Waals surface area contributed by atoms with Gasteiger partial charge in [-0.3, -0.25) is 9.59 Å². The molecule has 2 rings (SSSR count). The molecule has 2 heterocycles. The summed E-state index contributed by atoms with van der Waals surface area (Å²) in [6, 6.07) is 5.13. The fraction of sp³-hybridized carbons (Fsp3) is 0.357. The van der Waals surface area contributed by atoms with E-state index in [2.05, 4.69) is 10.5 Å². The molecule has 0 aliphatic rings. The van der Waals surface area contributed by atoms with Gasteiger partial charge in [0.2, 0.25) is 5.91 Å². The van der Waals surface area contributed by atoms with Gasteiger partial charge in [-0.1, -0.05) is 11.2 Å². The Labute approximate surface area is 131 Å². The number of anilines is 1. The molecule has 0 fully saturated rings. The molecule has 2 amide bonds. The highest BCUT2D eigenvalue weighted by Gasteiger charge is 2.20. The van der Waals surface area contributed by atoms with Crippen molar-refractivity contribution in [1.82, 2.24) is 10.1 Å². The largest absolute Gasteiger partial charge is 0.383 e. The summed E-state index contributed by atoms with van der Waals surface area (Å²) in [6.45, 7) is 2.34. The molecular formula is C14H17N3O4S. The molecule has 0 atom stereocenters. The van der Waals surface area contributed by atoms with Gasteiger partial charge < -0.3 is 19.5 Å². The quantitative estimate of drug-likeness (QED) is 0.839. The van der Waals surface area contributed by atoms with Gasteiger partial charge in [-0.25, -0.2) is 0 Å². The van der Waals surface area contributed by atoms with Gasteiger partial charge >= 0.3 is 0 Å². The fourth-order valence-electron chi connectivity index (χ4n) is 1.79. The number of nitrogens with one attached hydrogen (secondary N) is 1. The van der Waals surface area contributed by atoms with Crippen molar-refractivity contribution < 1.29 is 18.8 Å². The van der Waals surface area contributed by atoms with E-state index in [0.717, 1.165) is 0 Å². The lowest BCUT2D eigenvalue weighted by Crippen LogP contribution is -2.39. The van der Waals surface area contributed by atoms with E-state index in [4.69, 9.17) is 9.26 Å². The summed E-state index contributed by atoms with van der Waals surface area (Å²) in [5.74, 6) is 0.395. The summed E-state index contributed by atoms with van der Waals surface area (Å²) in [5, 5.41) is 8.10. The van der Waals surface area contributed by atoms with Gasteiger partial charge in [-0.15, -0.1) is 11.3 Å². The summed E-state index contributed by atoms with van der Waals surface area (Å²) in [4.78, 5) is 26.4. The zero-order valence-corrected chi connectivity index (χ0v) is 13.2. The summed E-state index contributed by atoms with van der Waals surface area (Å²) >= 11 is 1.34. The third-order valence-electron chi connectivity index (χ3n) is 2.81. The highest BCUT2D eigenvalue weighted by molar-refractivity contribution is 7.12. The summed E-state index contributed by atoms with van der Waals surface area (Å²) < 4.78 is 9.87. The number of ether oxygens (including phenoxy) is 1. The van der Waals surface area contributed by atoms with Crippen LogP contribution in [0.4, 0.5) is 5.82 Å². The van der Waals surface area contributed by atoms with Crippen LogP contribution in [0.2, 0.25) is 0 Å². The Morgan fingerprint density at radius 1 is 1.50 bits per heavy atom. The van der Waals surface area contributed by atoms with Crippen LogP contribution in [0.3, 0.4) is 0 Å². The molecule has 0 bridgehead atoms. The van der Waals surface area contributed by atoms with E-state index >= 15 is 0 Å². The number of carbonyl (C=O) groups is 2. The number of aryl methyl sites for hydroxylation is 1. The minimum Gasteiger partial charge on any atom is -0.383 e. The van der Waals surface area contributed by atoms with Crippen molar-refractivity contribution in [2.45, 2.75) is 6.92 Å². The van der Waals surface area contributed by atoms with Crippen LogP contribution in [0.15, 0.2) is 28.1 Å². The first-order chi connectivity index (χ1) is 10.6. The summed E-state index contributed by atoms with van der Waals surface area (Å²) in [7, 11) is 1.55. The number of amides is 2. The van der Waals surface area contributed by atoms with Crippen LogP contribution in [-0.4, -0.2) is 48.7 Å². The van der Waals surface area contributed by atoms with E-state index in [1.807, 2.05) is 5.38 Å². The van der Waals surface area contributed by atoms with Crippen LogP contribution in [0.1, 0.15) is 15.4 Å². The Morgan fingerprint density at radius 2 is 2.32 bits per heavy atom. The number of rotatable bonds is 7. The van der Waals surface area contributed by atoms with Crippen molar-refractivity contribution in [3.8, 4) is 0 Å². The second-order valence-electron chi connectivity index (χ2n) is 4.57. The second-order valence-corrected chi connectivity index (χ2v) is 5.52. The maximum atomic E-state index is 12.4. The first kappa shape index (κ1) is 16.2. The molecule has 7 nitrogen and oxygen atoms in total. The molecule has 2 aromatic heterocycles. The van der Waals surface area contributed by atoms with Gasteiger partial charge in [0.1, 0.15) is 12.3 Å². The first-order valence-electron chi connectivity index (χ1n) is 6.65. The van der Waals surface area contributed by atoms with Gasteiger partial charge in [0.15, 0.2) is 5.82 Å². The van der Waals surface area contributed by atoms with E-state index < -0.39 is 0 Å². The second kappa shape index (κ2) is 7.71. The Morgan fingerprint density at radius 3 is 2.91 bits per heavy atom. The number of aromatic nitrogens is 1. The van der Waals surface area contributed by atoms with Crippen molar-refractivity contribution in [1.29, 1.82) is 0 Å². The van der Waals surface area contributed by atoms with E-state index in [1.54, 1.807) is 32.2 Å². The molecule has 0 unspecified atom stereocenters. The van der Waals surface area contributed by atoms with E-state index in [-0.39, 0.29) is 18.4 Å². The molecular weight excluding hydrogens is 306 g/mol. The highest BCUT2D eigenvalue weighted by Crippen LogP contribution is 2.12. The normalized spacial score (nSPS) is 10.5. The molecule has 8 heteroatoms. The molecule has 0 saturated heterocycles. The molecule has 2 aromatic rings. The van der Waals surface area contributed by atoms with Crippen LogP contribution in [0.25, 0.3) is 0 Å². The molecule has 22 heavy (non-hydrogen) atoms. The van der Waals surface area contributed by atoms with Crippen molar-refractivity contribution >= 4 is 29.0 Å². The molecule has 0 spiro atoms. The lowest BCUT2D eigenvalue weighted by Gasteiger charge is -2.20. The number of hydrogen-bond acceptors (Lipinski definition) is 6. The Kier molecular flexibility index (Phi) is 5.68. The van der Waals surface area contributed by atoms with Crippen LogP contribution in [0.5, 0.6) is 0 Å². The lowest BCUT2D eigenvalue weighted by molar-refractivity contribution is -0.117. The lowest BCUT2D eigenvalue weighted by atomic mass is 10.3. The predicted octanol–water partition coefficient (Wildman–Crippen LogP) is 1.77. The van der Waals surface area contributed by atoms with Crippen LogP contribution in [0, 0.1) is 6.92 Å². The van der Waals surface area contributed by atoms with Gasteiger partial charge in [-0.05, 0) is 18.4 Å². The summed E-state index contributed by atoms with van der Waals surface area (Å²) in [6.07, 6.45) is 0. The average molecular weight is 323 g/mol. The molecule has 0 aliphatic carbocycles. The Bertz CT molecular complexity index is 624. The van der Waals surface area contributed by atoms with Crippen LogP contribution >= 0.6 is 11.3 Å². The molecule has 0 saturated carbocycles. The highest BCUT2D eigenvalue weighted by atomic mass is 32.1. The monoisotopic (exact) mass is 323 g/mol. The number of hydrogen-bond donors (Lipinski definition) is 1. The van der Waals surface area contributed by atoms with Crippen LogP contribution < -0.4 is 5.32 Å². The zero-order valence-electron chi connectivity index (χ0n) is 12.4. The third kappa shape index (κ3) is 4.40. The Hall–Kier alpha value is -2.19. The number of carbonyl (C=O) groups excluding carboxylic acids is 2. The fourth-order valence-corrected chi connectivity index (χ4v) is 2.48.